The molecule has 0 saturated heterocycles. The standard InChI is InChI=1S/C28H20BrClN2O2/c1-34-27(33)25-22-18-31-32(24(22)17-23(30)26(25)29)28(19-11-5-2-6-12-19,20-13-7-3-8-14-20)21-15-9-4-10-16-21/h2-18H,1H3. The zero-order valence-electron chi connectivity index (χ0n) is 18.3. The Hall–Kier alpha value is -3.41. The first-order valence-electron chi connectivity index (χ1n) is 10.7. The topological polar surface area (TPSA) is 44.1 Å². The molecule has 0 aliphatic heterocycles. The molecule has 1 heterocycles. The largest absolute Gasteiger partial charge is 0.465 e. The first kappa shape index (κ1) is 22.4. The normalized spacial score (nSPS) is 11.5. The molecule has 5 aromatic rings. The van der Waals surface area contributed by atoms with Crippen molar-refractivity contribution in [1.82, 2.24) is 9.78 Å². The van der Waals surface area contributed by atoms with Gasteiger partial charge in [0.25, 0.3) is 0 Å². The van der Waals surface area contributed by atoms with E-state index in [4.69, 9.17) is 21.4 Å². The fourth-order valence-electron chi connectivity index (χ4n) is 4.58. The molecule has 0 fully saturated rings. The van der Waals surface area contributed by atoms with Crippen molar-refractivity contribution < 1.29 is 9.53 Å². The third-order valence-electron chi connectivity index (χ3n) is 6.05. The highest BCUT2D eigenvalue weighted by Crippen LogP contribution is 2.44. The molecule has 0 spiro atoms. The Balaban J connectivity index is 1.97. The van der Waals surface area contributed by atoms with E-state index in [0.717, 1.165) is 16.7 Å². The number of fused-ring (bicyclic) bond motifs is 1. The minimum atomic E-state index is -0.823. The number of benzene rings is 4. The van der Waals surface area contributed by atoms with Gasteiger partial charge in [-0.3, -0.25) is 0 Å². The van der Waals surface area contributed by atoms with Gasteiger partial charge in [0, 0.05) is 5.39 Å². The van der Waals surface area contributed by atoms with Crippen LogP contribution < -0.4 is 0 Å². The molecule has 5 rings (SSSR count). The molecule has 34 heavy (non-hydrogen) atoms. The second-order valence-electron chi connectivity index (χ2n) is 7.84. The summed E-state index contributed by atoms with van der Waals surface area (Å²) in [7, 11) is 1.36. The predicted octanol–water partition coefficient (Wildman–Crippen LogP) is 7.08. The second kappa shape index (κ2) is 9.09. The summed E-state index contributed by atoms with van der Waals surface area (Å²) in [4.78, 5) is 12.7. The fraction of sp³-hybridized carbons (Fsp3) is 0.0714. The highest BCUT2D eigenvalue weighted by Gasteiger charge is 2.40. The van der Waals surface area contributed by atoms with E-state index >= 15 is 0 Å². The molecule has 168 valence electrons. The van der Waals surface area contributed by atoms with Gasteiger partial charge in [0.2, 0.25) is 0 Å². The molecule has 0 amide bonds. The lowest BCUT2D eigenvalue weighted by molar-refractivity contribution is 0.0602. The molecular weight excluding hydrogens is 512 g/mol. The summed E-state index contributed by atoms with van der Waals surface area (Å²) >= 11 is 10.1. The highest BCUT2D eigenvalue weighted by atomic mass is 79.9. The van der Waals surface area contributed by atoms with Crippen LogP contribution in [0.4, 0.5) is 0 Å². The van der Waals surface area contributed by atoms with Crippen LogP contribution in [0.2, 0.25) is 5.02 Å². The van der Waals surface area contributed by atoms with Gasteiger partial charge in [0.1, 0.15) is 5.54 Å². The lowest BCUT2D eigenvalue weighted by Gasteiger charge is -2.37. The van der Waals surface area contributed by atoms with Gasteiger partial charge in [-0.1, -0.05) is 103 Å². The van der Waals surface area contributed by atoms with E-state index < -0.39 is 11.5 Å². The van der Waals surface area contributed by atoms with Crippen molar-refractivity contribution in [2.24, 2.45) is 0 Å². The van der Waals surface area contributed by atoms with Gasteiger partial charge in [0.05, 0.1) is 33.9 Å². The Kier molecular flexibility index (Phi) is 5.98. The van der Waals surface area contributed by atoms with Crippen molar-refractivity contribution in [3.63, 3.8) is 0 Å². The molecule has 0 aliphatic rings. The van der Waals surface area contributed by atoms with Crippen LogP contribution >= 0.6 is 27.5 Å². The van der Waals surface area contributed by atoms with Crippen molar-refractivity contribution in [3.8, 4) is 0 Å². The van der Waals surface area contributed by atoms with Crippen LogP contribution in [0.5, 0.6) is 0 Å². The summed E-state index contributed by atoms with van der Waals surface area (Å²) < 4.78 is 7.50. The van der Waals surface area contributed by atoms with Crippen LogP contribution in [-0.4, -0.2) is 22.9 Å². The summed E-state index contributed by atoms with van der Waals surface area (Å²) in [5.41, 5.74) is 3.31. The van der Waals surface area contributed by atoms with Gasteiger partial charge >= 0.3 is 5.97 Å². The van der Waals surface area contributed by atoms with E-state index in [1.807, 2.05) is 65.3 Å². The molecule has 0 aliphatic carbocycles. The highest BCUT2D eigenvalue weighted by molar-refractivity contribution is 9.10. The Bertz CT molecular complexity index is 1370. The van der Waals surface area contributed by atoms with Crippen molar-refractivity contribution in [2.45, 2.75) is 5.54 Å². The summed E-state index contributed by atoms with van der Waals surface area (Å²) in [6.45, 7) is 0. The van der Waals surface area contributed by atoms with E-state index in [2.05, 4.69) is 52.3 Å². The number of rotatable bonds is 5. The number of carbonyl (C=O) groups excluding carboxylic acids is 1. The van der Waals surface area contributed by atoms with Gasteiger partial charge in [-0.2, -0.15) is 5.10 Å². The van der Waals surface area contributed by atoms with Gasteiger partial charge in [-0.05, 0) is 38.7 Å². The van der Waals surface area contributed by atoms with Crippen LogP contribution in [0.15, 0.2) is 108 Å². The summed E-state index contributed by atoms with van der Waals surface area (Å²) in [6, 6.07) is 32.5. The van der Waals surface area contributed by atoms with Gasteiger partial charge < -0.3 is 4.74 Å². The molecule has 6 heteroatoms. The van der Waals surface area contributed by atoms with Crippen LogP contribution in [-0.2, 0) is 10.3 Å². The Morgan fingerprint density at radius 1 is 0.882 bits per heavy atom. The molecule has 0 atom stereocenters. The molecule has 0 unspecified atom stereocenters. The molecule has 4 nitrogen and oxygen atoms in total. The van der Waals surface area contributed by atoms with E-state index in [-0.39, 0.29) is 0 Å². The maximum Gasteiger partial charge on any atom is 0.339 e. The third kappa shape index (κ3) is 3.44. The molecule has 0 saturated carbocycles. The average Bonchev–Trinajstić information content (AvgIpc) is 3.30. The molecule has 0 N–H and O–H groups in total. The summed E-state index contributed by atoms with van der Waals surface area (Å²) in [5, 5.41) is 5.94. The van der Waals surface area contributed by atoms with Gasteiger partial charge in [0.15, 0.2) is 0 Å². The maximum absolute atomic E-state index is 12.7. The van der Waals surface area contributed by atoms with Crippen molar-refractivity contribution >= 4 is 44.4 Å². The van der Waals surface area contributed by atoms with Crippen LogP contribution in [0, 0.1) is 0 Å². The smallest absolute Gasteiger partial charge is 0.339 e. The average molecular weight is 532 g/mol. The first-order valence-corrected chi connectivity index (χ1v) is 11.9. The van der Waals surface area contributed by atoms with Gasteiger partial charge in [-0.15, -0.1) is 0 Å². The van der Waals surface area contributed by atoms with E-state index in [9.17, 15) is 4.79 Å². The molecule has 0 radical (unpaired) electrons. The number of nitrogens with zero attached hydrogens (tertiary/aromatic N) is 2. The predicted molar refractivity (Wildman–Crippen MR) is 138 cm³/mol. The number of hydrogen-bond acceptors (Lipinski definition) is 3. The van der Waals surface area contributed by atoms with E-state index in [0.29, 0.717) is 26.0 Å². The van der Waals surface area contributed by atoms with Crippen LogP contribution in [0.3, 0.4) is 0 Å². The Labute approximate surface area is 210 Å². The molecule has 1 aromatic heterocycles. The van der Waals surface area contributed by atoms with E-state index in [1.165, 1.54) is 7.11 Å². The number of ether oxygens (including phenoxy) is 1. The first-order chi connectivity index (χ1) is 16.6. The zero-order chi connectivity index (χ0) is 23.7. The van der Waals surface area contributed by atoms with Crippen LogP contribution in [0.1, 0.15) is 27.0 Å². The second-order valence-corrected chi connectivity index (χ2v) is 9.04. The quantitative estimate of drug-likeness (QED) is 0.180. The summed E-state index contributed by atoms with van der Waals surface area (Å²) in [6.07, 6.45) is 1.70. The SMILES string of the molecule is COC(=O)c1c(Br)c(Cl)cc2c1cnn2C(c1ccccc1)(c1ccccc1)c1ccccc1. The minimum Gasteiger partial charge on any atom is -0.465 e. The minimum absolute atomic E-state index is 0.347. The monoisotopic (exact) mass is 530 g/mol. The number of methoxy groups -OCH3 is 1. The Morgan fingerprint density at radius 2 is 1.35 bits per heavy atom. The fourth-order valence-corrected chi connectivity index (χ4v) is 5.27. The lowest BCUT2D eigenvalue weighted by Crippen LogP contribution is -2.38. The third-order valence-corrected chi connectivity index (χ3v) is 7.40. The van der Waals surface area contributed by atoms with Gasteiger partial charge in [-0.25, -0.2) is 9.48 Å². The Morgan fingerprint density at radius 3 is 1.79 bits per heavy atom. The van der Waals surface area contributed by atoms with Crippen LogP contribution in [0.25, 0.3) is 10.9 Å². The lowest BCUT2D eigenvalue weighted by atomic mass is 9.77. The van der Waals surface area contributed by atoms with Crippen molar-refractivity contribution in [1.29, 1.82) is 0 Å². The number of aromatic nitrogens is 2. The zero-order valence-corrected chi connectivity index (χ0v) is 20.6. The number of esters is 1. The van der Waals surface area contributed by atoms with Crippen molar-refractivity contribution in [2.75, 3.05) is 7.11 Å². The number of carbonyl (C=O) groups is 1. The molecular formula is C28H20BrClN2O2. The molecule has 4 aromatic carbocycles. The maximum atomic E-state index is 12.7. The number of hydrogen-bond donors (Lipinski definition) is 0. The van der Waals surface area contributed by atoms with E-state index in [1.54, 1.807) is 6.20 Å². The number of halogens is 2. The summed E-state index contributed by atoms with van der Waals surface area (Å²) in [5.74, 6) is -0.483. The molecule has 0 bridgehead atoms. The van der Waals surface area contributed by atoms with Crippen molar-refractivity contribution in [3.05, 3.63) is 135 Å².